The Bertz CT molecular complexity index is 1410. The van der Waals surface area contributed by atoms with Gasteiger partial charge < -0.3 is 14.5 Å². The van der Waals surface area contributed by atoms with Crippen molar-refractivity contribution in [2.45, 2.75) is 12.8 Å². The van der Waals surface area contributed by atoms with Crippen molar-refractivity contribution in [2.24, 2.45) is 5.10 Å². The van der Waals surface area contributed by atoms with Crippen LogP contribution in [-0.2, 0) is 4.79 Å². The molecule has 0 radical (unpaired) electrons. The van der Waals surface area contributed by atoms with Gasteiger partial charge in [0.25, 0.3) is 11.8 Å². The van der Waals surface area contributed by atoms with Crippen molar-refractivity contribution in [3.8, 4) is 11.5 Å². The molecule has 0 aliphatic carbocycles. The van der Waals surface area contributed by atoms with E-state index in [1.54, 1.807) is 37.3 Å². The molecule has 2 N–H and O–H groups in total. The minimum absolute atomic E-state index is 0.192. The quantitative estimate of drug-likeness (QED) is 0.242. The number of para-hydroxylation sites is 2. The summed E-state index contributed by atoms with van der Waals surface area (Å²) in [6, 6.07) is 25.4. The van der Waals surface area contributed by atoms with Crippen LogP contribution in [0.4, 0.5) is 5.69 Å². The van der Waals surface area contributed by atoms with Gasteiger partial charge in [-0.15, -0.1) is 0 Å². The molecule has 5 rings (SSSR count). The number of hydrazone groups is 1. The van der Waals surface area contributed by atoms with Gasteiger partial charge >= 0.3 is 0 Å². The topological polar surface area (TPSA) is 92.9 Å². The number of hydrogen-bond donors (Lipinski definition) is 2. The fraction of sp³-hybridized carbons (Fsp3) is 0.0741. The third-order valence-corrected chi connectivity index (χ3v) is 6.04. The summed E-state index contributed by atoms with van der Waals surface area (Å²) >= 11 is 3.19. The molecule has 1 aromatic heterocycles. The van der Waals surface area contributed by atoms with Crippen LogP contribution in [0, 0.1) is 0 Å². The second-order valence-corrected chi connectivity index (χ2v) is 8.70. The van der Waals surface area contributed by atoms with E-state index < -0.39 is 5.92 Å². The maximum atomic E-state index is 13.3. The number of carbonyl (C=O) groups is 2. The average Bonchev–Trinajstić information content (AvgIpc) is 3.32. The minimum Gasteiger partial charge on any atom is -0.457 e. The molecule has 3 aromatic carbocycles. The summed E-state index contributed by atoms with van der Waals surface area (Å²) in [6.45, 7) is 1.79. The highest BCUT2D eigenvalue weighted by Crippen LogP contribution is 2.43. The Balaban J connectivity index is 1.34. The Morgan fingerprint density at radius 3 is 2.23 bits per heavy atom. The summed E-state index contributed by atoms with van der Waals surface area (Å²) in [6.07, 6.45) is 0. The van der Waals surface area contributed by atoms with E-state index in [2.05, 4.69) is 31.8 Å². The van der Waals surface area contributed by atoms with Crippen LogP contribution in [0.2, 0.25) is 0 Å². The third kappa shape index (κ3) is 4.74. The van der Waals surface area contributed by atoms with Gasteiger partial charge in [-0.25, -0.2) is 5.43 Å². The van der Waals surface area contributed by atoms with Gasteiger partial charge in [-0.2, -0.15) is 5.10 Å². The van der Waals surface area contributed by atoms with Gasteiger partial charge in [0.1, 0.15) is 11.5 Å². The fourth-order valence-electron chi connectivity index (χ4n) is 3.91. The number of hydrogen-bond acceptors (Lipinski definition) is 5. The normalized spacial score (nSPS) is 12.8. The highest BCUT2D eigenvalue weighted by Gasteiger charge is 2.32. The van der Waals surface area contributed by atoms with Crippen molar-refractivity contribution >= 4 is 39.1 Å². The molecule has 174 valence electrons. The summed E-state index contributed by atoms with van der Waals surface area (Å²) in [4.78, 5) is 25.7. The zero-order valence-electron chi connectivity index (χ0n) is 18.6. The van der Waals surface area contributed by atoms with Crippen LogP contribution in [0.25, 0.3) is 0 Å². The van der Waals surface area contributed by atoms with Crippen LogP contribution < -0.4 is 15.5 Å². The first kappa shape index (κ1) is 22.6. The van der Waals surface area contributed by atoms with Gasteiger partial charge in [-0.3, -0.25) is 9.59 Å². The molecule has 2 heterocycles. The van der Waals surface area contributed by atoms with Crippen LogP contribution in [0.15, 0.2) is 99.1 Å². The number of nitrogens with one attached hydrogen (secondary N) is 2. The first-order valence-corrected chi connectivity index (χ1v) is 11.7. The standard InChI is InChI=1S/C27H20BrN3O4/c1-16(17-7-6-8-18(15-17)29-26(32)23-13-14-24(28)35-23)30-31-27(33)25-19-9-2-4-11-21(19)34-22-12-5-3-10-20(22)25/h2-15,25H,1H3,(H,29,32)(H,31,33)/b30-16+. The van der Waals surface area contributed by atoms with Crippen molar-refractivity contribution in [1.29, 1.82) is 0 Å². The first-order chi connectivity index (χ1) is 17.0. The number of rotatable bonds is 5. The highest BCUT2D eigenvalue weighted by atomic mass is 79.9. The van der Waals surface area contributed by atoms with E-state index in [4.69, 9.17) is 9.15 Å². The lowest BCUT2D eigenvalue weighted by Gasteiger charge is -2.26. The fourth-order valence-corrected chi connectivity index (χ4v) is 4.22. The van der Waals surface area contributed by atoms with Gasteiger partial charge in [-0.05, 0) is 64.8 Å². The summed E-state index contributed by atoms with van der Waals surface area (Å²) in [5, 5.41) is 7.13. The second kappa shape index (κ2) is 9.60. The van der Waals surface area contributed by atoms with Crippen molar-refractivity contribution < 1.29 is 18.7 Å². The Morgan fingerprint density at radius 1 is 0.886 bits per heavy atom. The Hall–Kier alpha value is -4.17. The lowest BCUT2D eigenvalue weighted by Crippen LogP contribution is -2.29. The summed E-state index contributed by atoms with van der Waals surface area (Å²) in [5.74, 6) is 0.314. The van der Waals surface area contributed by atoms with Gasteiger partial charge in [0.2, 0.25) is 0 Å². The molecule has 35 heavy (non-hydrogen) atoms. The largest absolute Gasteiger partial charge is 0.457 e. The molecular weight excluding hydrogens is 510 g/mol. The predicted octanol–water partition coefficient (Wildman–Crippen LogP) is 6.07. The smallest absolute Gasteiger partial charge is 0.291 e. The molecule has 1 aliphatic rings. The molecule has 0 saturated carbocycles. The van der Waals surface area contributed by atoms with E-state index in [0.717, 1.165) is 16.7 Å². The molecule has 0 spiro atoms. The number of amides is 2. The number of anilines is 1. The van der Waals surface area contributed by atoms with Crippen molar-refractivity contribution in [3.05, 3.63) is 112 Å². The maximum absolute atomic E-state index is 13.3. The van der Waals surface area contributed by atoms with Crippen LogP contribution >= 0.6 is 15.9 Å². The van der Waals surface area contributed by atoms with Gasteiger partial charge in [0.05, 0.1) is 11.6 Å². The SMILES string of the molecule is C/C(=N\NC(=O)C1c2ccccc2Oc2ccccc21)c1cccc(NC(=O)c2ccc(Br)o2)c1. The van der Waals surface area contributed by atoms with E-state index in [0.29, 0.717) is 27.6 Å². The van der Waals surface area contributed by atoms with Gasteiger partial charge in [0, 0.05) is 16.8 Å². The Labute approximate surface area is 209 Å². The zero-order valence-corrected chi connectivity index (χ0v) is 20.2. The van der Waals surface area contributed by atoms with Crippen molar-refractivity contribution in [1.82, 2.24) is 5.43 Å². The molecule has 8 heteroatoms. The Morgan fingerprint density at radius 2 is 1.57 bits per heavy atom. The van der Waals surface area contributed by atoms with E-state index in [1.165, 1.54) is 0 Å². The number of fused-ring (bicyclic) bond motifs is 2. The average molecular weight is 530 g/mol. The maximum Gasteiger partial charge on any atom is 0.291 e. The number of carbonyl (C=O) groups excluding carboxylic acids is 2. The lowest BCUT2D eigenvalue weighted by molar-refractivity contribution is -0.121. The molecule has 2 amide bonds. The van der Waals surface area contributed by atoms with Crippen LogP contribution in [-0.4, -0.2) is 17.5 Å². The minimum atomic E-state index is -0.550. The second-order valence-electron chi connectivity index (χ2n) is 7.92. The van der Waals surface area contributed by atoms with E-state index >= 15 is 0 Å². The lowest BCUT2D eigenvalue weighted by atomic mass is 9.87. The molecule has 0 unspecified atom stereocenters. The van der Waals surface area contributed by atoms with Crippen molar-refractivity contribution in [3.63, 3.8) is 0 Å². The number of benzene rings is 3. The summed E-state index contributed by atoms with van der Waals surface area (Å²) < 4.78 is 11.7. The number of halogens is 1. The van der Waals surface area contributed by atoms with Crippen LogP contribution in [0.5, 0.6) is 11.5 Å². The zero-order chi connectivity index (χ0) is 24.4. The van der Waals surface area contributed by atoms with Crippen LogP contribution in [0.3, 0.4) is 0 Å². The van der Waals surface area contributed by atoms with Gasteiger partial charge in [-0.1, -0.05) is 48.5 Å². The molecule has 1 aliphatic heterocycles. The summed E-state index contributed by atoms with van der Waals surface area (Å²) in [5.41, 5.74) is 6.18. The molecular formula is C27H20BrN3O4. The monoisotopic (exact) mass is 529 g/mol. The molecule has 0 bridgehead atoms. The number of ether oxygens (including phenoxy) is 1. The number of furan rings is 1. The Kier molecular flexibility index (Phi) is 6.20. The van der Waals surface area contributed by atoms with E-state index in [9.17, 15) is 9.59 Å². The highest BCUT2D eigenvalue weighted by molar-refractivity contribution is 9.10. The molecule has 0 atom stereocenters. The molecule has 7 nitrogen and oxygen atoms in total. The first-order valence-electron chi connectivity index (χ1n) is 10.9. The van der Waals surface area contributed by atoms with Gasteiger partial charge in [0.15, 0.2) is 10.4 Å². The predicted molar refractivity (Wildman–Crippen MR) is 136 cm³/mol. The molecule has 0 fully saturated rings. The van der Waals surface area contributed by atoms with Crippen molar-refractivity contribution in [2.75, 3.05) is 5.32 Å². The number of nitrogens with zero attached hydrogens (tertiary/aromatic N) is 1. The molecule has 0 saturated heterocycles. The summed E-state index contributed by atoms with van der Waals surface area (Å²) in [7, 11) is 0. The molecule has 4 aromatic rings. The third-order valence-electron chi connectivity index (χ3n) is 5.61. The van der Waals surface area contributed by atoms with E-state index in [1.807, 2.05) is 54.6 Å². The van der Waals surface area contributed by atoms with Crippen LogP contribution in [0.1, 0.15) is 40.1 Å². The van der Waals surface area contributed by atoms with E-state index in [-0.39, 0.29) is 17.6 Å².